The molecule has 0 radical (unpaired) electrons. The first-order valence-corrected chi connectivity index (χ1v) is 7.34. The van der Waals surface area contributed by atoms with Gasteiger partial charge in [-0.25, -0.2) is 0 Å². The Labute approximate surface area is 149 Å². The molecular weight excluding hydrogens is 378 g/mol. The molecule has 2 aromatic carbocycles. The quantitative estimate of drug-likeness (QED) is 0.782. The highest BCUT2D eigenvalue weighted by Gasteiger charge is 2.37. The zero-order chi connectivity index (χ0) is 20.4. The van der Waals surface area contributed by atoms with E-state index in [4.69, 9.17) is 5.73 Å². The summed E-state index contributed by atoms with van der Waals surface area (Å²) in [5.41, 5.74) is 1.22. The van der Waals surface area contributed by atoms with E-state index in [2.05, 4.69) is 5.32 Å². The highest BCUT2D eigenvalue weighted by Crippen LogP contribution is 2.36. The molecule has 10 heteroatoms. The van der Waals surface area contributed by atoms with Gasteiger partial charge in [-0.05, 0) is 23.8 Å². The molecule has 0 heterocycles. The van der Waals surface area contributed by atoms with E-state index in [1.807, 2.05) is 0 Å². The Morgan fingerprint density at radius 2 is 1.33 bits per heavy atom. The maximum Gasteiger partial charge on any atom is 0.416 e. The van der Waals surface area contributed by atoms with Gasteiger partial charge in [-0.1, -0.05) is 30.3 Å². The lowest BCUT2D eigenvalue weighted by Crippen LogP contribution is -2.37. The normalized spacial score (nSPS) is 13.1. The van der Waals surface area contributed by atoms with Gasteiger partial charge in [-0.15, -0.1) is 0 Å². The van der Waals surface area contributed by atoms with E-state index in [-0.39, 0.29) is 23.8 Å². The third kappa shape index (κ3) is 4.99. The largest absolute Gasteiger partial charge is 0.416 e. The van der Waals surface area contributed by atoms with Crippen LogP contribution in [0.1, 0.15) is 33.1 Å². The fourth-order valence-electron chi connectivity index (χ4n) is 2.26. The van der Waals surface area contributed by atoms with E-state index in [0.29, 0.717) is 0 Å². The lowest BCUT2D eigenvalue weighted by Gasteiger charge is -2.18. The van der Waals surface area contributed by atoms with Crippen molar-refractivity contribution in [1.29, 1.82) is 0 Å². The predicted molar refractivity (Wildman–Crippen MR) is 82.3 cm³/mol. The summed E-state index contributed by atoms with van der Waals surface area (Å²) in [5.74, 6) is -2.34. The van der Waals surface area contributed by atoms with E-state index < -0.39 is 46.9 Å². The van der Waals surface area contributed by atoms with Crippen molar-refractivity contribution in [3.63, 3.8) is 0 Å². The van der Waals surface area contributed by atoms with Crippen LogP contribution in [0.5, 0.6) is 0 Å². The molecule has 1 atom stereocenters. The van der Waals surface area contributed by atoms with Gasteiger partial charge in [0.2, 0.25) is 5.91 Å². The number of benzene rings is 2. The van der Waals surface area contributed by atoms with Crippen LogP contribution in [0.3, 0.4) is 0 Å². The van der Waals surface area contributed by atoms with Crippen LogP contribution >= 0.6 is 0 Å². The topological polar surface area (TPSA) is 72.2 Å². The molecule has 0 saturated carbocycles. The van der Waals surface area contributed by atoms with Crippen molar-refractivity contribution in [2.45, 2.75) is 18.4 Å². The number of halogens is 6. The van der Waals surface area contributed by atoms with Gasteiger partial charge in [0.1, 0.15) is 6.04 Å². The van der Waals surface area contributed by atoms with Crippen LogP contribution in [0.15, 0.2) is 48.5 Å². The lowest BCUT2D eigenvalue weighted by molar-refractivity contribution is -0.143. The average molecular weight is 390 g/mol. The molecule has 0 unspecified atom stereocenters. The number of alkyl halides is 6. The Morgan fingerprint density at radius 3 is 1.74 bits per heavy atom. The van der Waals surface area contributed by atoms with Crippen molar-refractivity contribution in [1.82, 2.24) is 5.32 Å². The van der Waals surface area contributed by atoms with Crippen molar-refractivity contribution < 1.29 is 35.9 Å². The van der Waals surface area contributed by atoms with Crippen molar-refractivity contribution in [3.8, 4) is 0 Å². The van der Waals surface area contributed by atoms with Crippen LogP contribution in [-0.4, -0.2) is 11.8 Å². The van der Waals surface area contributed by atoms with E-state index in [9.17, 15) is 35.9 Å². The minimum atomic E-state index is -5.10. The van der Waals surface area contributed by atoms with E-state index in [1.165, 1.54) is 24.3 Å². The van der Waals surface area contributed by atoms with E-state index in [0.717, 1.165) is 0 Å². The van der Waals surface area contributed by atoms with Crippen molar-refractivity contribution in [3.05, 3.63) is 70.8 Å². The number of rotatable bonds is 4. The van der Waals surface area contributed by atoms with Gasteiger partial charge in [-0.2, -0.15) is 26.3 Å². The SMILES string of the molecule is NC(=O)[C@H](NC(=O)c1cc(C(F)(F)F)cc(C(F)(F)F)c1)c1ccccc1. The molecule has 2 amide bonds. The van der Waals surface area contributed by atoms with Crippen LogP contribution < -0.4 is 11.1 Å². The molecule has 2 rings (SSSR count). The van der Waals surface area contributed by atoms with Gasteiger partial charge < -0.3 is 11.1 Å². The molecule has 0 aromatic heterocycles. The molecule has 0 spiro atoms. The lowest BCUT2D eigenvalue weighted by atomic mass is 10.0. The summed E-state index contributed by atoms with van der Waals surface area (Å²) in [6, 6.07) is 6.49. The first-order chi connectivity index (χ1) is 12.4. The Balaban J connectivity index is 2.44. The second-order valence-corrected chi connectivity index (χ2v) is 5.51. The number of carbonyl (C=O) groups excluding carboxylic acids is 2. The summed E-state index contributed by atoms with van der Waals surface area (Å²) in [6.45, 7) is 0. The van der Waals surface area contributed by atoms with Gasteiger partial charge in [0.05, 0.1) is 11.1 Å². The Kier molecular flexibility index (Phi) is 5.48. The summed E-state index contributed by atoms with van der Waals surface area (Å²) in [7, 11) is 0. The summed E-state index contributed by atoms with van der Waals surface area (Å²) >= 11 is 0. The molecule has 0 aliphatic heterocycles. The minimum absolute atomic E-state index is 0.0977. The van der Waals surface area contributed by atoms with Crippen molar-refractivity contribution >= 4 is 11.8 Å². The van der Waals surface area contributed by atoms with Crippen molar-refractivity contribution in [2.24, 2.45) is 5.73 Å². The molecule has 4 nitrogen and oxygen atoms in total. The van der Waals surface area contributed by atoms with E-state index >= 15 is 0 Å². The first-order valence-electron chi connectivity index (χ1n) is 7.34. The number of nitrogens with two attached hydrogens (primary N) is 1. The average Bonchev–Trinajstić information content (AvgIpc) is 2.58. The zero-order valence-corrected chi connectivity index (χ0v) is 13.4. The molecule has 0 fully saturated rings. The third-order valence-corrected chi connectivity index (χ3v) is 3.54. The molecule has 0 aliphatic rings. The van der Waals surface area contributed by atoms with Crippen LogP contribution in [0.25, 0.3) is 0 Å². The van der Waals surface area contributed by atoms with Gasteiger partial charge >= 0.3 is 12.4 Å². The van der Waals surface area contributed by atoms with Crippen LogP contribution in [0.4, 0.5) is 26.3 Å². The summed E-state index contributed by atoms with van der Waals surface area (Å²) in [4.78, 5) is 23.8. The molecule has 3 N–H and O–H groups in total. The van der Waals surface area contributed by atoms with Crippen LogP contribution in [-0.2, 0) is 17.1 Å². The number of carbonyl (C=O) groups is 2. The first kappa shape index (κ1) is 20.3. The monoisotopic (exact) mass is 390 g/mol. The van der Waals surface area contributed by atoms with Crippen molar-refractivity contribution in [2.75, 3.05) is 0 Å². The molecule has 0 saturated heterocycles. The molecule has 27 heavy (non-hydrogen) atoms. The fraction of sp³-hybridized carbons (Fsp3) is 0.176. The predicted octanol–water partition coefficient (Wildman–Crippen LogP) is 3.68. The minimum Gasteiger partial charge on any atom is -0.368 e. The number of primary amides is 1. The van der Waals surface area contributed by atoms with Crippen LogP contribution in [0.2, 0.25) is 0 Å². The molecule has 0 bridgehead atoms. The molecular formula is C17H12F6N2O2. The summed E-state index contributed by atoms with van der Waals surface area (Å²) < 4.78 is 77.3. The Bertz CT molecular complexity index is 814. The zero-order valence-electron chi connectivity index (χ0n) is 13.4. The number of hydrogen-bond acceptors (Lipinski definition) is 2. The number of hydrogen-bond donors (Lipinski definition) is 2. The fourth-order valence-corrected chi connectivity index (χ4v) is 2.26. The molecule has 144 valence electrons. The number of amides is 2. The maximum atomic E-state index is 12.9. The highest BCUT2D eigenvalue weighted by molar-refractivity contribution is 5.98. The number of nitrogens with one attached hydrogen (secondary N) is 1. The van der Waals surface area contributed by atoms with Gasteiger partial charge in [0, 0.05) is 5.56 Å². The second kappa shape index (κ2) is 7.29. The second-order valence-electron chi connectivity index (χ2n) is 5.51. The summed E-state index contributed by atoms with van der Waals surface area (Å²) in [6.07, 6.45) is -10.2. The van der Waals surface area contributed by atoms with Gasteiger partial charge in [0.25, 0.3) is 5.91 Å². The van der Waals surface area contributed by atoms with Crippen LogP contribution in [0, 0.1) is 0 Å². The Morgan fingerprint density at radius 1 is 0.852 bits per heavy atom. The van der Waals surface area contributed by atoms with E-state index in [1.54, 1.807) is 6.07 Å². The van der Waals surface area contributed by atoms with Gasteiger partial charge in [-0.3, -0.25) is 9.59 Å². The maximum absolute atomic E-state index is 12.9. The molecule has 2 aromatic rings. The summed E-state index contributed by atoms with van der Waals surface area (Å²) in [5, 5.41) is 2.06. The molecule has 0 aliphatic carbocycles. The van der Waals surface area contributed by atoms with Gasteiger partial charge in [0.15, 0.2) is 0 Å². The third-order valence-electron chi connectivity index (χ3n) is 3.54. The standard InChI is InChI=1S/C17H12F6N2O2/c18-16(19,20)11-6-10(7-12(8-11)17(21,22)23)15(27)25-13(14(24)26)9-4-2-1-3-5-9/h1-8,13H,(H2,24,26)(H,25,27)/t13-/m1/s1. The smallest absolute Gasteiger partial charge is 0.368 e. The Hall–Kier alpha value is -3.04. The highest BCUT2D eigenvalue weighted by atomic mass is 19.4.